The van der Waals surface area contributed by atoms with Gasteiger partial charge < -0.3 is 15.1 Å². The molecule has 0 aliphatic rings. The summed E-state index contributed by atoms with van der Waals surface area (Å²) in [7, 11) is 0. The SMILES string of the molecule is O=C(Nc1ccc(NC(=O)c2ccc(Cl)cc2Cl)cc1)c1ccc(Br)o1. The Labute approximate surface area is 167 Å². The molecule has 132 valence electrons. The van der Waals surface area contributed by atoms with E-state index in [2.05, 4.69) is 26.6 Å². The largest absolute Gasteiger partial charge is 0.444 e. The first-order chi connectivity index (χ1) is 12.4. The first kappa shape index (κ1) is 18.5. The van der Waals surface area contributed by atoms with Crippen LogP contribution in [0.1, 0.15) is 20.9 Å². The fourth-order valence-corrected chi connectivity index (χ4v) is 2.94. The van der Waals surface area contributed by atoms with E-state index in [-0.39, 0.29) is 22.6 Å². The Kier molecular flexibility index (Phi) is 5.66. The summed E-state index contributed by atoms with van der Waals surface area (Å²) in [6, 6.07) is 14.5. The molecule has 1 heterocycles. The number of carbonyl (C=O) groups is 2. The van der Waals surface area contributed by atoms with Gasteiger partial charge in [-0.05, 0) is 70.5 Å². The number of hydrogen-bond donors (Lipinski definition) is 2. The Bertz CT molecular complexity index is 971. The van der Waals surface area contributed by atoms with Crippen LogP contribution < -0.4 is 10.6 Å². The average molecular weight is 454 g/mol. The zero-order chi connectivity index (χ0) is 18.7. The van der Waals surface area contributed by atoms with Crippen molar-refractivity contribution in [3.05, 3.63) is 80.6 Å². The average Bonchev–Trinajstić information content (AvgIpc) is 3.03. The predicted octanol–water partition coefficient (Wildman–Crippen LogP) is 5.85. The zero-order valence-corrected chi connectivity index (χ0v) is 16.2. The van der Waals surface area contributed by atoms with Crippen molar-refractivity contribution in [2.75, 3.05) is 10.6 Å². The lowest BCUT2D eigenvalue weighted by Crippen LogP contribution is -2.13. The molecule has 0 aliphatic carbocycles. The minimum absolute atomic E-state index is 0.187. The second-order valence-electron chi connectivity index (χ2n) is 5.21. The highest BCUT2D eigenvalue weighted by atomic mass is 79.9. The van der Waals surface area contributed by atoms with Crippen LogP contribution in [0.5, 0.6) is 0 Å². The Morgan fingerprint density at radius 3 is 2.00 bits per heavy atom. The van der Waals surface area contributed by atoms with Crippen LogP contribution in [-0.4, -0.2) is 11.8 Å². The summed E-state index contributed by atoms with van der Waals surface area (Å²) in [6.45, 7) is 0. The summed E-state index contributed by atoms with van der Waals surface area (Å²) in [4.78, 5) is 24.3. The molecule has 2 aromatic carbocycles. The van der Waals surface area contributed by atoms with Gasteiger partial charge in [0.15, 0.2) is 10.4 Å². The fourth-order valence-electron chi connectivity index (χ4n) is 2.14. The molecule has 8 heteroatoms. The van der Waals surface area contributed by atoms with Crippen molar-refractivity contribution in [3.8, 4) is 0 Å². The van der Waals surface area contributed by atoms with Crippen molar-refractivity contribution in [2.24, 2.45) is 0 Å². The van der Waals surface area contributed by atoms with Gasteiger partial charge in [-0.15, -0.1) is 0 Å². The summed E-state index contributed by atoms with van der Waals surface area (Å²) in [5.74, 6) is -0.545. The minimum atomic E-state index is -0.375. The van der Waals surface area contributed by atoms with Crippen LogP contribution in [-0.2, 0) is 0 Å². The second kappa shape index (κ2) is 7.95. The highest BCUT2D eigenvalue weighted by molar-refractivity contribution is 9.10. The van der Waals surface area contributed by atoms with Gasteiger partial charge in [0.2, 0.25) is 0 Å². The van der Waals surface area contributed by atoms with Gasteiger partial charge in [0.05, 0.1) is 10.6 Å². The Balaban J connectivity index is 1.65. The molecule has 3 aromatic rings. The van der Waals surface area contributed by atoms with Gasteiger partial charge in [-0.1, -0.05) is 23.2 Å². The van der Waals surface area contributed by atoms with Gasteiger partial charge >= 0.3 is 0 Å². The number of amides is 2. The third-order valence-electron chi connectivity index (χ3n) is 3.37. The van der Waals surface area contributed by atoms with Crippen LogP contribution in [0.25, 0.3) is 0 Å². The molecule has 0 atom stereocenters. The molecule has 0 fully saturated rings. The van der Waals surface area contributed by atoms with E-state index < -0.39 is 0 Å². The third-order valence-corrected chi connectivity index (χ3v) is 4.35. The Hall–Kier alpha value is -2.28. The van der Waals surface area contributed by atoms with E-state index in [1.165, 1.54) is 6.07 Å². The van der Waals surface area contributed by atoms with Crippen molar-refractivity contribution >= 4 is 62.3 Å². The lowest BCUT2D eigenvalue weighted by Gasteiger charge is -2.08. The lowest BCUT2D eigenvalue weighted by molar-refractivity contribution is 0.0993. The van der Waals surface area contributed by atoms with E-state index in [4.69, 9.17) is 27.6 Å². The molecule has 0 unspecified atom stereocenters. The molecule has 2 N–H and O–H groups in total. The summed E-state index contributed by atoms with van der Waals surface area (Å²) < 4.78 is 5.66. The molecular weight excluding hydrogens is 443 g/mol. The van der Waals surface area contributed by atoms with Crippen LogP contribution >= 0.6 is 39.1 Å². The third kappa shape index (κ3) is 4.46. The van der Waals surface area contributed by atoms with E-state index in [9.17, 15) is 9.59 Å². The smallest absolute Gasteiger partial charge is 0.291 e. The summed E-state index contributed by atoms with van der Waals surface area (Å²) in [6.07, 6.45) is 0. The number of halogens is 3. The molecule has 0 radical (unpaired) electrons. The summed E-state index contributed by atoms with van der Waals surface area (Å²) in [5.41, 5.74) is 1.43. The van der Waals surface area contributed by atoms with Gasteiger partial charge in [0.25, 0.3) is 11.8 Å². The number of furan rings is 1. The highest BCUT2D eigenvalue weighted by Gasteiger charge is 2.12. The van der Waals surface area contributed by atoms with Crippen molar-refractivity contribution in [3.63, 3.8) is 0 Å². The molecule has 0 spiro atoms. The van der Waals surface area contributed by atoms with Crippen LogP contribution in [0.15, 0.2) is 63.7 Å². The molecule has 2 amide bonds. The first-order valence-corrected chi connectivity index (χ1v) is 8.90. The maximum Gasteiger partial charge on any atom is 0.291 e. The summed E-state index contributed by atoms with van der Waals surface area (Å²) in [5, 5.41) is 6.15. The number of rotatable bonds is 4. The first-order valence-electron chi connectivity index (χ1n) is 7.35. The Morgan fingerprint density at radius 2 is 1.46 bits per heavy atom. The van der Waals surface area contributed by atoms with E-state index in [1.807, 2.05) is 0 Å². The van der Waals surface area contributed by atoms with Crippen LogP contribution in [0, 0.1) is 0 Å². The standard InChI is InChI=1S/C18H11BrCl2N2O3/c19-16-8-7-15(26-16)18(25)23-12-4-2-11(3-5-12)22-17(24)13-6-1-10(20)9-14(13)21/h1-9H,(H,22,24)(H,23,25). The molecular formula is C18H11BrCl2N2O3. The number of nitrogens with one attached hydrogen (secondary N) is 2. The topological polar surface area (TPSA) is 71.3 Å². The highest BCUT2D eigenvalue weighted by Crippen LogP contribution is 2.23. The van der Waals surface area contributed by atoms with Gasteiger partial charge in [-0.2, -0.15) is 0 Å². The quantitative estimate of drug-likeness (QED) is 0.520. The van der Waals surface area contributed by atoms with Crippen molar-refractivity contribution < 1.29 is 14.0 Å². The molecule has 0 bridgehead atoms. The zero-order valence-electron chi connectivity index (χ0n) is 13.1. The van der Waals surface area contributed by atoms with Crippen LogP contribution in [0.3, 0.4) is 0 Å². The van der Waals surface area contributed by atoms with Gasteiger partial charge in [0, 0.05) is 16.4 Å². The van der Waals surface area contributed by atoms with Crippen molar-refractivity contribution in [1.29, 1.82) is 0 Å². The van der Waals surface area contributed by atoms with Crippen LogP contribution in [0.2, 0.25) is 10.0 Å². The predicted molar refractivity (Wildman–Crippen MR) is 105 cm³/mol. The second-order valence-corrected chi connectivity index (χ2v) is 6.84. The van der Waals surface area contributed by atoms with Crippen molar-refractivity contribution in [1.82, 2.24) is 0 Å². The van der Waals surface area contributed by atoms with Crippen molar-refractivity contribution in [2.45, 2.75) is 0 Å². The molecule has 0 saturated heterocycles. The van der Waals surface area contributed by atoms with Gasteiger partial charge in [-0.25, -0.2) is 0 Å². The minimum Gasteiger partial charge on any atom is -0.444 e. The molecule has 5 nitrogen and oxygen atoms in total. The maximum absolute atomic E-state index is 12.3. The maximum atomic E-state index is 12.3. The van der Waals surface area contributed by atoms with Crippen LogP contribution in [0.4, 0.5) is 11.4 Å². The number of carbonyl (C=O) groups excluding carboxylic acids is 2. The fraction of sp³-hybridized carbons (Fsp3) is 0. The molecule has 26 heavy (non-hydrogen) atoms. The van der Waals surface area contributed by atoms with E-state index >= 15 is 0 Å². The molecule has 3 rings (SSSR count). The number of anilines is 2. The summed E-state index contributed by atoms with van der Waals surface area (Å²) >= 11 is 15.0. The number of benzene rings is 2. The molecule has 0 aliphatic heterocycles. The monoisotopic (exact) mass is 452 g/mol. The molecule has 0 saturated carbocycles. The Morgan fingerprint density at radius 1 is 0.846 bits per heavy atom. The van der Waals surface area contributed by atoms with Gasteiger partial charge in [-0.3, -0.25) is 9.59 Å². The van der Waals surface area contributed by atoms with E-state index in [1.54, 1.807) is 48.5 Å². The lowest BCUT2D eigenvalue weighted by atomic mass is 10.2. The number of hydrogen-bond acceptors (Lipinski definition) is 3. The molecule has 1 aromatic heterocycles. The van der Waals surface area contributed by atoms with E-state index in [0.717, 1.165) is 0 Å². The van der Waals surface area contributed by atoms with Gasteiger partial charge in [0.1, 0.15) is 0 Å². The van der Waals surface area contributed by atoms with E-state index in [0.29, 0.717) is 26.6 Å². The normalized spacial score (nSPS) is 10.4.